The van der Waals surface area contributed by atoms with Gasteiger partial charge in [-0.15, -0.1) is 0 Å². The minimum atomic E-state index is -0.200. The summed E-state index contributed by atoms with van der Waals surface area (Å²) in [6, 6.07) is 9.39. The van der Waals surface area contributed by atoms with E-state index in [1.54, 1.807) is 0 Å². The van der Waals surface area contributed by atoms with Crippen molar-refractivity contribution in [1.29, 1.82) is 0 Å². The summed E-state index contributed by atoms with van der Waals surface area (Å²) < 4.78 is 2.11. The van der Waals surface area contributed by atoms with E-state index in [-0.39, 0.29) is 18.2 Å². The summed E-state index contributed by atoms with van der Waals surface area (Å²) in [5, 5.41) is 19.7. The van der Waals surface area contributed by atoms with Crippen LogP contribution in [0, 0.1) is 5.92 Å². The van der Waals surface area contributed by atoms with Crippen LogP contribution >= 0.6 is 0 Å². The zero-order valence-corrected chi connectivity index (χ0v) is 22.9. The van der Waals surface area contributed by atoms with Crippen molar-refractivity contribution in [3.63, 3.8) is 0 Å². The molecule has 0 bridgehead atoms. The highest BCUT2D eigenvalue weighted by atomic mass is 16.3. The first-order valence-electron chi connectivity index (χ1n) is 14.1. The van der Waals surface area contributed by atoms with E-state index in [4.69, 9.17) is 15.1 Å². The molecular weight excluding hydrogens is 462 g/mol. The van der Waals surface area contributed by atoms with Crippen LogP contribution in [0.3, 0.4) is 0 Å². The fourth-order valence-electron chi connectivity index (χ4n) is 5.50. The summed E-state index contributed by atoms with van der Waals surface area (Å²) in [6.07, 6.45) is 6.28. The molecule has 2 fully saturated rings. The molecule has 1 aliphatic carbocycles. The second-order valence-electron chi connectivity index (χ2n) is 11.3. The third kappa shape index (κ3) is 5.97. The molecule has 2 atom stereocenters. The molecule has 1 aliphatic heterocycles. The van der Waals surface area contributed by atoms with E-state index in [0.717, 1.165) is 87.1 Å². The van der Waals surface area contributed by atoms with Gasteiger partial charge in [0.15, 0.2) is 5.65 Å². The molecule has 5 rings (SSSR count). The van der Waals surface area contributed by atoms with Gasteiger partial charge in [-0.3, -0.25) is 4.90 Å². The third-order valence-corrected chi connectivity index (χ3v) is 8.54. The summed E-state index contributed by atoms with van der Waals surface area (Å²) >= 11 is 0. The van der Waals surface area contributed by atoms with Crippen molar-refractivity contribution >= 4 is 17.0 Å². The zero-order valence-electron chi connectivity index (χ0n) is 22.9. The lowest BCUT2D eigenvalue weighted by molar-refractivity contribution is 0.109. The van der Waals surface area contributed by atoms with Crippen LogP contribution in [0.4, 0.5) is 5.95 Å². The van der Waals surface area contributed by atoms with Gasteiger partial charge in [-0.2, -0.15) is 10.1 Å². The molecule has 8 nitrogen and oxygen atoms in total. The molecule has 37 heavy (non-hydrogen) atoms. The number of hydrogen-bond donors (Lipinski definition) is 2. The SMILES string of the molecule is CCC(C)C(C)Nc1ncc2c(-c3ccc(CN4CCN(C)CC4)cc3)nn(C3CCC(O)CC3)c2n1. The summed E-state index contributed by atoms with van der Waals surface area (Å²) in [7, 11) is 2.19. The van der Waals surface area contributed by atoms with Crippen LogP contribution in [0.2, 0.25) is 0 Å². The van der Waals surface area contributed by atoms with Gasteiger partial charge in [-0.05, 0) is 51.1 Å². The second kappa shape index (κ2) is 11.5. The van der Waals surface area contributed by atoms with E-state index in [9.17, 15) is 5.11 Å². The summed E-state index contributed by atoms with van der Waals surface area (Å²) in [6.45, 7) is 12.1. The van der Waals surface area contributed by atoms with E-state index in [1.165, 1.54) is 5.56 Å². The first-order valence-corrected chi connectivity index (χ1v) is 14.1. The molecule has 3 aromatic rings. The number of fused-ring (bicyclic) bond motifs is 1. The molecule has 200 valence electrons. The van der Waals surface area contributed by atoms with E-state index < -0.39 is 0 Å². The molecule has 1 saturated carbocycles. The maximum Gasteiger partial charge on any atom is 0.224 e. The average Bonchev–Trinajstić information content (AvgIpc) is 3.29. The highest BCUT2D eigenvalue weighted by Crippen LogP contribution is 2.34. The van der Waals surface area contributed by atoms with Crippen LogP contribution in [0.5, 0.6) is 0 Å². The van der Waals surface area contributed by atoms with Gasteiger partial charge in [0.2, 0.25) is 5.95 Å². The number of benzene rings is 1. The van der Waals surface area contributed by atoms with Crippen LogP contribution in [0.15, 0.2) is 30.5 Å². The van der Waals surface area contributed by atoms with Crippen molar-refractivity contribution < 1.29 is 5.11 Å². The van der Waals surface area contributed by atoms with Crippen molar-refractivity contribution in [3.8, 4) is 11.3 Å². The lowest BCUT2D eigenvalue weighted by Crippen LogP contribution is -2.43. The number of aromatic nitrogens is 4. The van der Waals surface area contributed by atoms with Gasteiger partial charge in [0, 0.05) is 50.5 Å². The highest BCUT2D eigenvalue weighted by molar-refractivity contribution is 5.91. The Hall–Kier alpha value is -2.55. The van der Waals surface area contributed by atoms with Crippen molar-refractivity contribution in [3.05, 3.63) is 36.0 Å². The monoisotopic (exact) mass is 505 g/mol. The highest BCUT2D eigenvalue weighted by Gasteiger charge is 2.26. The normalized spacial score (nSPS) is 23.3. The largest absolute Gasteiger partial charge is 0.393 e. The minimum absolute atomic E-state index is 0.200. The van der Waals surface area contributed by atoms with E-state index in [1.807, 2.05) is 6.20 Å². The molecule has 3 heterocycles. The second-order valence-corrected chi connectivity index (χ2v) is 11.3. The van der Waals surface area contributed by atoms with Crippen LogP contribution in [0.25, 0.3) is 22.3 Å². The lowest BCUT2D eigenvalue weighted by Gasteiger charge is -2.32. The third-order valence-electron chi connectivity index (χ3n) is 8.54. The lowest BCUT2D eigenvalue weighted by atomic mass is 9.93. The summed E-state index contributed by atoms with van der Waals surface area (Å²) in [4.78, 5) is 14.6. The predicted octanol–water partition coefficient (Wildman–Crippen LogP) is 4.56. The molecule has 0 radical (unpaired) electrons. The smallest absolute Gasteiger partial charge is 0.224 e. The fourth-order valence-corrected chi connectivity index (χ4v) is 5.50. The van der Waals surface area contributed by atoms with E-state index >= 15 is 0 Å². The molecule has 1 aromatic carbocycles. The number of nitrogens with zero attached hydrogens (tertiary/aromatic N) is 6. The Balaban J connectivity index is 1.43. The Kier molecular flexibility index (Phi) is 8.07. The van der Waals surface area contributed by atoms with Gasteiger partial charge in [0.05, 0.1) is 17.5 Å². The number of hydrogen-bond acceptors (Lipinski definition) is 7. The average molecular weight is 506 g/mol. The van der Waals surface area contributed by atoms with Crippen LogP contribution in [-0.2, 0) is 6.54 Å². The fraction of sp³-hybridized carbons (Fsp3) is 0.621. The topological polar surface area (TPSA) is 82.3 Å². The van der Waals surface area contributed by atoms with Gasteiger partial charge in [-0.25, -0.2) is 9.67 Å². The summed E-state index contributed by atoms with van der Waals surface area (Å²) in [5.74, 6) is 1.19. The number of nitrogens with one attached hydrogen (secondary N) is 1. The first kappa shape index (κ1) is 26.1. The van der Waals surface area contributed by atoms with Crippen molar-refractivity contribution in [1.82, 2.24) is 29.5 Å². The van der Waals surface area contributed by atoms with Gasteiger partial charge in [0.25, 0.3) is 0 Å². The minimum Gasteiger partial charge on any atom is -0.393 e. The Morgan fingerprint density at radius 1 is 1.03 bits per heavy atom. The Bertz CT molecular complexity index is 1160. The standard InChI is InChI=1S/C29H43N7O/c1-5-20(2)21(3)31-29-30-18-26-27(33-36(28(26)32-29)24-10-12-25(37)13-11-24)23-8-6-22(7-9-23)19-35-16-14-34(4)15-17-35/h6-9,18,20-21,24-25,37H,5,10-17,19H2,1-4H3,(H,30,31,32). The molecule has 2 unspecified atom stereocenters. The number of likely N-dealkylation sites (N-methyl/N-ethyl adjacent to an activating group) is 1. The molecule has 2 N–H and O–H groups in total. The molecule has 2 aromatic heterocycles. The van der Waals surface area contributed by atoms with Crippen molar-refractivity contribution in [2.45, 2.75) is 77.6 Å². The Morgan fingerprint density at radius 3 is 2.41 bits per heavy atom. The predicted molar refractivity (Wildman–Crippen MR) is 150 cm³/mol. The van der Waals surface area contributed by atoms with Gasteiger partial charge < -0.3 is 15.3 Å². The van der Waals surface area contributed by atoms with Crippen LogP contribution < -0.4 is 5.32 Å². The number of aliphatic hydroxyl groups excluding tert-OH is 1. The maximum absolute atomic E-state index is 10.1. The molecule has 8 heteroatoms. The number of piperazine rings is 1. The van der Waals surface area contributed by atoms with Crippen molar-refractivity contribution in [2.24, 2.45) is 5.92 Å². The quantitative estimate of drug-likeness (QED) is 0.464. The maximum atomic E-state index is 10.1. The van der Waals surface area contributed by atoms with Gasteiger partial charge in [-0.1, -0.05) is 44.5 Å². The number of rotatable bonds is 8. The van der Waals surface area contributed by atoms with Gasteiger partial charge >= 0.3 is 0 Å². The van der Waals surface area contributed by atoms with Crippen LogP contribution in [-0.4, -0.2) is 80.0 Å². The Labute approximate surface area is 221 Å². The van der Waals surface area contributed by atoms with E-state index in [0.29, 0.717) is 11.9 Å². The number of anilines is 1. The number of aliphatic hydroxyl groups is 1. The molecule has 0 spiro atoms. The van der Waals surface area contributed by atoms with Crippen LogP contribution in [0.1, 0.15) is 64.5 Å². The molecule has 0 amide bonds. The molecular formula is C29H43N7O. The summed E-state index contributed by atoms with van der Waals surface area (Å²) in [5.41, 5.74) is 4.25. The van der Waals surface area contributed by atoms with Gasteiger partial charge in [0.1, 0.15) is 5.69 Å². The van der Waals surface area contributed by atoms with Crippen molar-refractivity contribution in [2.75, 3.05) is 38.5 Å². The molecule has 1 saturated heterocycles. The molecule has 2 aliphatic rings. The zero-order chi connectivity index (χ0) is 25.9. The van der Waals surface area contributed by atoms with E-state index in [2.05, 4.69) is 71.9 Å². The first-order chi connectivity index (χ1) is 17.9. The Morgan fingerprint density at radius 2 is 1.73 bits per heavy atom.